The fourth-order valence-electron chi connectivity index (χ4n) is 2.42. The van der Waals surface area contributed by atoms with Crippen LogP contribution in [0.25, 0.3) is 0 Å². The van der Waals surface area contributed by atoms with Gasteiger partial charge in [-0.2, -0.15) is 0 Å². The molecule has 11 N–H and O–H groups in total. The number of amides is 5. The van der Waals surface area contributed by atoms with Crippen molar-refractivity contribution in [3.8, 4) is 0 Å². The first kappa shape index (κ1) is 28.2. The summed E-state index contributed by atoms with van der Waals surface area (Å²) < 4.78 is 0. The molecule has 0 saturated carbocycles. The molecule has 0 aliphatic carbocycles. The Kier molecular flexibility index (Phi) is 11.3. The Morgan fingerprint density at radius 3 is 1.62 bits per heavy atom. The van der Waals surface area contributed by atoms with Crippen LogP contribution in [0.1, 0.15) is 33.1 Å². The van der Waals surface area contributed by atoms with Crippen molar-refractivity contribution in [2.75, 3.05) is 0 Å². The summed E-state index contributed by atoms with van der Waals surface area (Å²) in [7, 11) is 0. The molecule has 0 aromatic heterocycles. The van der Waals surface area contributed by atoms with E-state index in [1.807, 2.05) is 5.32 Å². The monoisotopic (exact) mass is 460 g/mol. The number of carboxylic acids is 2. The average molecular weight is 460 g/mol. The van der Waals surface area contributed by atoms with Crippen LogP contribution in [0.5, 0.6) is 0 Å². The highest BCUT2D eigenvalue weighted by Crippen LogP contribution is 2.05. The molecular weight excluding hydrogens is 432 g/mol. The molecule has 0 rings (SSSR count). The SMILES string of the molecule is CC(C)C(NC(=O)C(N)CC(N)=O)C(=O)NC(CC(N)=O)C(=O)NC(CC(=O)O)C(=O)O. The predicted octanol–water partition coefficient (Wildman–Crippen LogP) is -4.27. The van der Waals surface area contributed by atoms with Gasteiger partial charge in [0.1, 0.15) is 18.1 Å². The molecule has 0 fully saturated rings. The standard InChI is InChI=1S/C17H28N6O9/c1-6(2)13(23-14(28)7(18)3-10(19)24)16(30)21-8(4-11(20)25)15(29)22-9(17(31)32)5-12(26)27/h6-9,13H,3-5,18H2,1-2H3,(H2,19,24)(H2,20,25)(H,21,30)(H,22,29)(H,23,28)(H,26,27)(H,31,32). The van der Waals surface area contributed by atoms with E-state index in [-0.39, 0.29) is 0 Å². The van der Waals surface area contributed by atoms with E-state index in [0.29, 0.717) is 0 Å². The molecule has 0 aliphatic heterocycles. The van der Waals surface area contributed by atoms with E-state index in [0.717, 1.165) is 0 Å². The van der Waals surface area contributed by atoms with Gasteiger partial charge in [-0.1, -0.05) is 13.8 Å². The molecule has 15 nitrogen and oxygen atoms in total. The van der Waals surface area contributed by atoms with Crippen molar-refractivity contribution in [3.05, 3.63) is 0 Å². The molecule has 0 aromatic rings. The topological polar surface area (TPSA) is 274 Å². The zero-order valence-electron chi connectivity index (χ0n) is 17.5. The van der Waals surface area contributed by atoms with Gasteiger partial charge >= 0.3 is 11.9 Å². The van der Waals surface area contributed by atoms with Crippen molar-refractivity contribution in [2.24, 2.45) is 23.1 Å². The van der Waals surface area contributed by atoms with Crippen LogP contribution in [-0.2, 0) is 33.6 Å². The maximum absolute atomic E-state index is 12.7. The van der Waals surface area contributed by atoms with Crippen LogP contribution in [0.3, 0.4) is 0 Å². The first-order valence-electron chi connectivity index (χ1n) is 9.33. The van der Waals surface area contributed by atoms with E-state index in [1.54, 1.807) is 13.8 Å². The Hall–Kier alpha value is -3.75. The quantitative estimate of drug-likeness (QED) is 0.123. The number of nitrogens with two attached hydrogens (primary N) is 3. The Bertz CT molecular complexity index is 770. The van der Waals surface area contributed by atoms with Crippen LogP contribution in [0.4, 0.5) is 0 Å². The summed E-state index contributed by atoms with van der Waals surface area (Å²) in [5.41, 5.74) is 15.6. The van der Waals surface area contributed by atoms with Crippen LogP contribution >= 0.6 is 0 Å². The first-order valence-corrected chi connectivity index (χ1v) is 9.33. The maximum atomic E-state index is 12.7. The zero-order chi connectivity index (χ0) is 25.2. The molecule has 0 bridgehead atoms. The van der Waals surface area contributed by atoms with E-state index in [9.17, 15) is 33.6 Å². The van der Waals surface area contributed by atoms with Crippen molar-refractivity contribution in [3.63, 3.8) is 0 Å². The minimum Gasteiger partial charge on any atom is -0.481 e. The summed E-state index contributed by atoms with van der Waals surface area (Å²) in [6.45, 7) is 3.08. The van der Waals surface area contributed by atoms with Gasteiger partial charge in [0.2, 0.25) is 29.5 Å². The number of rotatable bonds is 14. The van der Waals surface area contributed by atoms with Gasteiger partial charge in [0.25, 0.3) is 0 Å². The number of primary amides is 2. The van der Waals surface area contributed by atoms with Crippen LogP contribution in [0.15, 0.2) is 0 Å². The van der Waals surface area contributed by atoms with Gasteiger partial charge in [0, 0.05) is 0 Å². The fourth-order valence-corrected chi connectivity index (χ4v) is 2.42. The molecule has 32 heavy (non-hydrogen) atoms. The molecule has 0 aliphatic rings. The first-order chi connectivity index (χ1) is 14.6. The zero-order valence-corrected chi connectivity index (χ0v) is 17.5. The van der Waals surface area contributed by atoms with E-state index < -0.39 is 90.8 Å². The van der Waals surface area contributed by atoms with Gasteiger partial charge in [-0.05, 0) is 5.92 Å². The minimum atomic E-state index is -1.83. The third kappa shape index (κ3) is 10.3. The number of carboxylic acid groups (broad SMARTS) is 2. The highest BCUT2D eigenvalue weighted by molar-refractivity contribution is 5.97. The van der Waals surface area contributed by atoms with Gasteiger partial charge in [-0.25, -0.2) is 4.79 Å². The molecule has 0 heterocycles. The summed E-state index contributed by atoms with van der Waals surface area (Å²) in [4.78, 5) is 81.3. The lowest BCUT2D eigenvalue weighted by atomic mass is 10.0. The summed E-state index contributed by atoms with van der Waals surface area (Å²) in [5.74, 6) is -8.56. The lowest BCUT2D eigenvalue weighted by Crippen LogP contribution is -2.59. The maximum Gasteiger partial charge on any atom is 0.326 e. The molecular formula is C17H28N6O9. The summed E-state index contributed by atoms with van der Waals surface area (Å²) >= 11 is 0. The Morgan fingerprint density at radius 1 is 0.719 bits per heavy atom. The van der Waals surface area contributed by atoms with Crippen molar-refractivity contribution in [2.45, 2.75) is 57.3 Å². The second kappa shape index (κ2) is 12.8. The van der Waals surface area contributed by atoms with Crippen LogP contribution < -0.4 is 33.2 Å². The molecule has 5 amide bonds. The van der Waals surface area contributed by atoms with Crippen molar-refractivity contribution in [1.29, 1.82) is 0 Å². The molecule has 180 valence electrons. The van der Waals surface area contributed by atoms with Gasteiger partial charge in [0.15, 0.2) is 0 Å². The number of carbonyl (C=O) groups excluding carboxylic acids is 5. The largest absolute Gasteiger partial charge is 0.481 e. The van der Waals surface area contributed by atoms with Gasteiger partial charge in [-0.15, -0.1) is 0 Å². The highest BCUT2D eigenvalue weighted by Gasteiger charge is 2.33. The molecule has 4 atom stereocenters. The lowest BCUT2D eigenvalue weighted by molar-refractivity contribution is -0.147. The van der Waals surface area contributed by atoms with E-state index >= 15 is 0 Å². The Labute approximate surface area is 182 Å². The minimum absolute atomic E-state index is 0.481. The summed E-state index contributed by atoms with van der Waals surface area (Å²) in [6, 6.07) is -6.09. The number of nitrogens with one attached hydrogen (secondary N) is 3. The molecule has 0 aromatic carbocycles. The van der Waals surface area contributed by atoms with Crippen LogP contribution in [0.2, 0.25) is 0 Å². The number of hydrogen-bond donors (Lipinski definition) is 8. The molecule has 4 unspecified atom stereocenters. The van der Waals surface area contributed by atoms with Crippen molar-refractivity contribution >= 4 is 41.5 Å². The van der Waals surface area contributed by atoms with Crippen molar-refractivity contribution in [1.82, 2.24) is 16.0 Å². The normalized spacial score (nSPS) is 14.4. The van der Waals surface area contributed by atoms with E-state index in [1.165, 1.54) is 0 Å². The predicted molar refractivity (Wildman–Crippen MR) is 106 cm³/mol. The Balaban J connectivity index is 5.49. The smallest absolute Gasteiger partial charge is 0.326 e. The van der Waals surface area contributed by atoms with Gasteiger partial charge < -0.3 is 43.4 Å². The van der Waals surface area contributed by atoms with Crippen molar-refractivity contribution < 1.29 is 43.8 Å². The summed E-state index contributed by atoms with van der Waals surface area (Å²) in [6.07, 6.45) is -2.18. The molecule has 0 saturated heterocycles. The second-order valence-corrected chi connectivity index (χ2v) is 7.24. The number of hydrogen-bond acceptors (Lipinski definition) is 8. The number of aliphatic carboxylic acids is 2. The molecule has 0 radical (unpaired) electrons. The highest BCUT2D eigenvalue weighted by atomic mass is 16.4. The third-order valence-corrected chi connectivity index (χ3v) is 4.04. The molecule has 0 spiro atoms. The van der Waals surface area contributed by atoms with Gasteiger partial charge in [-0.3, -0.25) is 28.8 Å². The van der Waals surface area contributed by atoms with E-state index in [2.05, 4.69) is 10.6 Å². The fraction of sp³-hybridized carbons (Fsp3) is 0.588. The summed E-state index contributed by atoms with van der Waals surface area (Å²) in [5, 5.41) is 24.2. The average Bonchev–Trinajstić information content (AvgIpc) is 2.62. The van der Waals surface area contributed by atoms with Crippen LogP contribution in [-0.4, -0.2) is 75.9 Å². The van der Waals surface area contributed by atoms with Crippen LogP contribution in [0, 0.1) is 5.92 Å². The Morgan fingerprint density at radius 2 is 1.22 bits per heavy atom. The third-order valence-electron chi connectivity index (χ3n) is 4.04. The number of carbonyl (C=O) groups is 7. The second-order valence-electron chi connectivity index (χ2n) is 7.24. The van der Waals surface area contributed by atoms with Gasteiger partial charge in [0.05, 0.1) is 25.3 Å². The lowest BCUT2D eigenvalue weighted by Gasteiger charge is -2.26. The molecule has 15 heteroatoms. The van der Waals surface area contributed by atoms with E-state index in [4.69, 9.17) is 27.4 Å².